The average Bonchev–Trinajstić information content (AvgIpc) is 2.86. The van der Waals surface area contributed by atoms with E-state index in [4.69, 9.17) is 16.3 Å². The predicted molar refractivity (Wildman–Crippen MR) is 99.2 cm³/mol. The van der Waals surface area contributed by atoms with Gasteiger partial charge in [-0.3, -0.25) is 9.69 Å². The van der Waals surface area contributed by atoms with E-state index in [9.17, 15) is 19.2 Å². The maximum absolute atomic E-state index is 13.0. The van der Waals surface area contributed by atoms with Crippen molar-refractivity contribution in [1.82, 2.24) is 20.9 Å². The molecule has 1 aromatic carbocycles. The van der Waals surface area contributed by atoms with E-state index in [0.29, 0.717) is 10.6 Å². The van der Waals surface area contributed by atoms with E-state index in [-0.39, 0.29) is 31.0 Å². The Labute approximate surface area is 166 Å². The molecule has 0 radical (unpaired) electrons. The first kappa shape index (κ1) is 19.7. The third-order valence-electron chi connectivity index (χ3n) is 4.57. The van der Waals surface area contributed by atoms with Crippen molar-refractivity contribution in [3.63, 3.8) is 0 Å². The van der Waals surface area contributed by atoms with Crippen LogP contribution < -0.4 is 16.0 Å². The second kappa shape index (κ2) is 7.51. The van der Waals surface area contributed by atoms with Gasteiger partial charge in [0.1, 0.15) is 5.54 Å². The lowest BCUT2D eigenvalue weighted by Crippen LogP contribution is -2.48. The number of hydrogen-bond acceptors (Lipinski definition) is 5. The highest BCUT2D eigenvalue weighted by molar-refractivity contribution is 6.30. The first-order valence-electron chi connectivity index (χ1n) is 8.60. The van der Waals surface area contributed by atoms with Gasteiger partial charge in [0.25, 0.3) is 5.91 Å². The number of urea groups is 2. The average molecular weight is 407 g/mol. The van der Waals surface area contributed by atoms with Crippen LogP contribution in [0, 0.1) is 0 Å². The minimum absolute atomic E-state index is 0.0603. The van der Waals surface area contributed by atoms with E-state index < -0.39 is 29.5 Å². The lowest BCUT2D eigenvalue weighted by Gasteiger charge is -2.25. The van der Waals surface area contributed by atoms with Crippen molar-refractivity contribution >= 4 is 35.5 Å². The van der Waals surface area contributed by atoms with Crippen molar-refractivity contribution in [3.05, 3.63) is 46.1 Å². The zero-order valence-electron chi connectivity index (χ0n) is 15.3. The maximum atomic E-state index is 13.0. The first-order valence-corrected chi connectivity index (χ1v) is 8.98. The van der Waals surface area contributed by atoms with Gasteiger partial charge in [-0.25, -0.2) is 14.4 Å². The molecule has 0 aromatic heterocycles. The van der Waals surface area contributed by atoms with Crippen LogP contribution in [0.4, 0.5) is 9.59 Å². The first-order chi connectivity index (χ1) is 13.3. The summed E-state index contributed by atoms with van der Waals surface area (Å²) in [5.74, 6) is -1.15. The summed E-state index contributed by atoms with van der Waals surface area (Å²) in [4.78, 5) is 50.3. The van der Waals surface area contributed by atoms with Crippen molar-refractivity contribution in [2.45, 2.75) is 19.4 Å². The van der Waals surface area contributed by atoms with E-state index >= 15 is 0 Å². The fourth-order valence-electron chi connectivity index (χ4n) is 3.07. The number of hydrogen-bond donors (Lipinski definition) is 3. The van der Waals surface area contributed by atoms with Crippen LogP contribution >= 0.6 is 11.6 Å². The van der Waals surface area contributed by atoms with Gasteiger partial charge in [-0.1, -0.05) is 23.7 Å². The number of esters is 1. The molecule has 1 aromatic rings. The molecule has 1 saturated heterocycles. The van der Waals surface area contributed by atoms with Gasteiger partial charge >= 0.3 is 18.0 Å². The highest BCUT2D eigenvalue weighted by atomic mass is 35.5. The van der Waals surface area contributed by atoms with Gasteiger partial charge in [0, 0.05) is 5.02 Å². The van der Waals surface area contributed by atoms with Gasteiger partial charge in [-0.05, 0) is 31.5 Å². The lowest BCUT2D eigenvalue weighted by molar-refractivity contribution is -0.139. The fraction of sp³-hybridized carbons (Fsp3) is 0.333. The van der Waals surface area contributed by atoms with Crippen LogP contribution in [-0.4, -0.2) is 48.5 Å². The van der Waals surface area contributed by atoms with Gasteiger partial charge in [0.05, 0.1) is 31.0 Å². The zero-order valence-corrected chi connectivity index (χ0v) is 16.1. The third-order valence-corrected chi connectivity index (χ3v) is 4.80. The molecule has 5 amide bonds. The number of nitrogens with one attached hydrogen (secondary N) is 3. The Morgan fingerprint density at radius 2 is 2.07 bits per heavy atom. The molecule has 3 rings (SSSR count). The topological polar surface area (TPSA) is 117 Å². The maximum Gasteiger partial charge on any atom is 0.337 e. The van der Waals surface area contributed by atoms with E-state index in [1.165, 1.54) is 0 Å². The standard InChI is InChI=1S/C18H19ClN4O5/c1-3-28-14(24)12-8-20-16(26)21-13(12)9-23-15(25)18(2,22-17(23)27)10-5-4-6-11(19)7-10/h4-7H,3,8-9H2,1-2H3,(H,22,27)(H2,20,21,26). The van der Waals surface area contributed by atoms with Crippen LogP contribution in [0.1, 0.15) is 19.4 Å². The SMILES string of the molecule is CCOC(=O)C1=C(CN2C(=O)NC(C)(c3cccc(Cl)c3)C2=O)NC(=O)NC1. The molecule has 1 fully saturated rings. The molecular weight excluding hydrogens is 388 g/mol. The Balaban J connectivity index is 1.91. The van der Waals surface area contributed by atoms with E-state index in [1.54, 1.807) is 38.1 Å². The van der Waals surface area contributed by atoms with Gasteiger partial charge in [0.2, 0.25) is 0 Å². The minimum Gasteiger partial charge on any atom is -0.463 e. The van der Waals surface area contributed by atoms with E-state index in [1.807, 2.05) is 0 Å². The summed E-state index contributed by atoms with van der Waals surface area (Å²) in [6.07, 6.45) is 0. The van der Waals surface area contributed by atoms with E-state index in [0.717, 1.165) is 4.90 Å². The van der Waals surface area contributed by atoms with Crippen LogP contribution in [0.5, 0.6) is 0 Å². The van der Waals surface area contributed by atoms with E-state index in [2.05, 4.69) is 16.0 Å². The molecule has 2 aliphatic rings. The number of ether oxygens (including phenoxy) is 1. The number of rotatable bonds is 5. The molecule has 28 heavy (non-hydrogen) atoms. The van der Waals surface area contributed by atoms with Crippen LogP contribution in [0.25, 0.3) is 0 Å². The molecule has 0 bridgehead atoms. The smallest absolute Gasteiger partial charge is 0.337 e. The highest BCUT2D eigenvalue weighted by Gasteiger charge is 2.49. The summed E-state index contributed by atoms with van der Waals surface area (Å²) in [6.45, 7) is 3.04. The molecule has 0 saturated carbocycles. The molecule has 1 atom stereocenters. The molecule has 3 N–H and O–H groups in total. The van der Waals surface area contributed by atoms with Crippen molar-refractivity contribution in [2.24, 2.45) is 0 Å². The Bertz CT molecular complexity index is 900. The van der Waals surface area contributed by atoms with Gasteiger partial charge in [-0.15, -0.1) is 0 Å². The number of nitrogens with zero attached hydrogens (tertiary/aromatic N) is 1. The lowest BCUT2D eigenvalue weighted by atomic mass is 9.92. The second-order valence-electron chi connectivity index (χ2n) is 6.44. The van der Waals surface area contributed by atoms with Gasteiger partial charge < -0.3 is 20.7 Å². The minimum atomic E-state index is -1.32. The van der Waals surface area contributed by atoms with Crippen LogP contribution in [-0.2, 0) is 19.9 Å². The highest BCUT2D eigenvalue weighted by Crippen LogP contribution is 2.30. The summed E-state index contributed by atoms with van der Waals surface area (Å²) < 4.78 is 4.98. The molecule has 2 heterocycles. The Morgan fingerprint density at radius 3 is 2.75 bits per heavy atom. The molecule has 9 nitrogen and oxygen atoms in total. The molecule has 2 aliphatic heterocycles. The molecule has 148 valence electrons. The zero-order chi connectivity index (χ0) is 20.5. The summed E-state index contributed by atoms with van der Waals surface area (Å²) in [7, 11) is 0. The summed E-state index contributed by atoms with van der Waals surface area (Å²) in [6, 6.07) is 5.44. The molecule has 10 heteroatoms. The third kappa shape index (κ3) is 3.53. The van der Waals surface area contributed by atoms with Gasteiger partial charge in [0.15, 0.2) is 0 Å². The van der Waals surface area contributed by atoms with Crippen LogP contribution in [0.2, 0.25) is 5.02 Å². The summed E-state index contributed by atoms with van der Waals surface area (Å²) in [5.41, 5.74) is -0.502. The van der Waals surface area contributed by atoms with Crippen LogP contribution in [0.3, 0.4) is 0 Å². The number of amides is 5. The van der Waals surface area contributed by atoms with Crippen molar-refractivity contribution in [2.75, 3.05) is 19.7 Å². The van der Waals surface area contributed by atoms with Crippen LogP contribution in [0.15, 0.2) is 35.5 Å². The Kier molecular flexibility index (Phi) is 5.28. The number of imide groups is 1. The molecule has 0 aliphatic carbocycles. The number of carbonyl (C=O) groups excluding carboxylic acids is 4. The van der Waals surface area contributed by atoms with Crippen molar-refractivity contribution in [1.29, 1.82) is 0 Å². The van der Waals surface area contributed by atoms with Crippen molar-refractivity contribution in [3.8, 4) is 0 Å². The number of carbonyl (C=O) groups is 4. The van der Waals surface area contributed by atoms with Crippen molar-refractivity contribution < 1.29 is 23.9 Å². The Morgan fingerprint density at radius 1 is 1.32 bits per heavy atom. The van der Waals surface area contributed by atoms with Gasteiger partial charge in [-0.2, -0.15) is 0 Å². The second-order valence-corrected chi connectivity index (χ2v) is 6.88. The summed E-state index contributed by atoms with van der Waals surface area (Å²) in [5, 5.41) is 8.04. The fourth-order valence-corrected chi connectivity index (χ4v) is 3.26. The predicted octanol–water partition coefficient (Wildman–Crippen LogP) is 1.24. The summed E-state index contributed by atoms with van der Waals surface area (Å²) >= 11 is 6.01. The number of halogens is 1. The Hall–Kier alpha value is -3.07. The molecule has 1 unspecified atom stereocenters. The monoisotopic (exact) mass is 406 g/mol. The normalized spacial score (nSPS) is 22.0. The molecular formula is C18H19ClN4O5. The quantitative estimate of drug-likeness (QED) is 0.502. The number of benzene rings is 1. The largest absolute Gasteiger partial charge is 0.463 e. The molecule has 0 spiro atoms.